The molecule has 0 aliphatic heterocycles. The average Bonchev–Trinajstić information content (AvgIpc) is 3.38. The Labute approximate surface area is 462 Å². The molecule has 0 aliphatic carbocycles. The molecule has 78 heavy (non-hydrogen) atoms. The van der Waals surface area contributed by atoms with Crippen molar-refractivity contribution in [2.45, 2.75) is 180 Å². The van der Waals surface area contributed by atoms with Gasteiger partial charge in [0, 0.05) is 58.2 Å². The smallest absolute Gasteiger partial charge is 0.306 e. The predicted molar refractivity (Wildman–Crippen MR) is 294 cm³/mol. The molecule has 3 amide bonds. The van der Waals surface area contributed by atoms with Gasteiger partial charge in [-0.05, 0) is 75.0 Å². The minimum Gasteiger partial charge on any atom is -0.508 e. The quantitative estimate of drug-likeness (QED) is 0.0382. The summed E-state index contributed by atoms with van der Waals surface area (Å²) in [6, 6.07) is 4.86. The molecule has 21 heteroatoms. The third-order valence-corrected chi connectivity index (χ3v) is 12.7. The molecule has 21 nitrogen and oxygen atoms in total. The van der Waals surface area contributed by atoms with Crippen molar-refractivity contribution in [1.82, 2.24) is 21.3 Å². The van der Waals surface area contributed by atoms with Crippen molar-refractivity contribution in [3.05, 3.63) is 29.8 Å². The fraction of sp³-hybridized carbons (Fsp3) is 0.737. The molecule has 1 rings (SSSR count). The molecule has 0 saturated heterocycles. The van der Waals surface area contributed by atoms with E-state index in [1.54, 1.807) is 12.1 Å². The number of hydrogen-bond donors (Lipinski definition) is 8. The molecule has 0 aromatic heterocycles. The van der Waals surface area contributed by atoms with Gasteiger partial charge in [0.2, 0.25) is 17.7 Å². The van der Waals surface area contributed by atoms with Crippen LogP contribution in [-0.4, -0.2) is 159 Å². The first-order chi connectivity index (χ1) is 37.5. The summed E-state index contributed by atoms with van der Waals surface area (Å²) in [5.41, 5.74) is 6.34. The summed E-state index contributed by atoms with van der Waals surface area (Å²) in [5.74, 6) is -4.17. The Hall–Kier alpha value is -5.19. The molecule has 0 fully saturated rings. The predicted octanol–water partition coefficient (Wildman–Crippen LogP) is 5.33. The van der Waals surface area contributed by atoms with Gasteiger partial charge in [0.1, 0.15) is 30.5 Å². The average molecular weight is 1110 g/mol. The van der Waals surface area contributed by atoms with Gasteiger partial charge in [-0.25, -0.2) is 0 Å². The number of rotatable bonds is 55. The zero-order chi connectivity index (χ0) is 57.6. The van der Waals surface area contributed by atoms with Crippen LogP contribution in [-0.2, 0) is 68.5 Å². The maximum absolute atomic E-state index is 13.3. The highest BCUT2D eigenvalue weighted by atomic mass is 16.5. The Balaban J connectivity index is 2.08. The van der Waals surface area contributed by atoms with E-state index in [0.717, 1.165) is 63.4 Å². The molecular weight excluding hydrogens is 1010 g/mol. The minimum absolute atomic E-state index is 0.0166. The van der Waals surface area contributed by atoms with Crippen LogP contribution in [0, 0.1) is 11.8 Å². The normalized spacial score (nSPS) is 12.4. The second-order valence-corrected chi connectivity index (χ2v) is 20.4. The Kier molecular flexibility index (Phi) is 42.4. The molecule has 0 unspecified atom stereocenters. The number of Topliss-reactive ketones (excluding diaryl/α,β-unsaturated/α-hetero) is 4. The van der Waals surface area contributed by atoms with E-state index in [1.165, 1.54) is 31.4 Å². The summed E-state index contributed by atoms with van der Waals surface area (Å²) >= 11 is 0. The number of carboxylic acids is 2. The van der Waals surface area contributed by atoms with Gasteiger partial charge in [-0.3, -0.25) is 48.5 Å². The summed E-state index contributed by atoms with van der Waals surface area (Å²) in [6.45, 7) is 5.41. The van der Waals surface area contributed by atoms with Crippen LogP contribution in [0.4, 0.5) is 0 Å². The topological polar surface area (TPSA) is 325 Å². The van der Waals surface area contributed by atoms with Crippen molar-refractivity contribution in [2.24, 2.45) is 17.6 Å². The van der Waals surface area contributed by atoms with Gasteiger partial charge in [0.05, 0.1) is 64.1 Å². The van der Waals surface area contributed by atoms with Crippen LogP contribution in [0.3, 0.4) is 0 Å². The molecule has 0 spiro atoms. The van der Waals surface area contributed by atoms with E-state index in [4.69, 9.17) is 29.8 Å². The van der Waals surface area contributed by atoms with Gasteiger partial charge in [0.15, 0.2) is 11.6 Å². The summed E-state index contributed by atoms with van der Waals surface area (Å²) in [7, 11) is 0. The van der Waals surface area contributed by atoms with E-state index in [0.29, 0.717) is 51.7 Å². The number of benzene rings is 1. The van der Waals surface area contributed by atoms with E-state index in [-0.39, 0.29) is 151 Å². The number of phenols is 1. The number of nitrogens with one attached hydrogen (secondary N) is 4. The standard InChI is InChI=1S/C57H95N5O16/c1-43(2)36-49(66)39-61-50(52(67)40-62-51(56(58)72)37-44-22-25-46(63)26-23-44)20-15-16-28-59-54(69)42-78-35-32-75-30-17-19-48(65)41-77-34-33-76-31-29-60-53(68)27-24-45(57(73)74)38-47(64)18-13-11-9-7-5-3-4-6-8-10-12-14-21-55(70)71/h22-23,25-26,43,45,50-51,61-63H,3-21,24,27-42H2,1-2H3,(H2,58,72)(H,59,69)(H,60,68)(H,70,71)(H,73,74)/t45-,50+,51+/m1/s1. The van der Waals surface area contributed by atoms with Gasteiger partial charge in [-0.1, -0.05) is 90.2 Å². The number of carbonyl (C=O) groups is 9. The van der Waals surface area contributed by atoms with E-state index in [1.807, 2.05) is 13.8 Å². The number of nitrogens with two attached hydrogens (primary N) is 1. The Morgan fingerprint density at radius 2 is 1.06 bits per heavy atom. The molecule has 1 aromatic carbocycles. The number of hydrogen-bond acceptors (Lipinski definition) is 16. The SMILES string of the molecule is CC(C)CC(=O)CN[C@@H](CCCCNC(=O)COCCOCCCC(=O)COCCOCCNC(=O)CC[C@H](CC(=O)CCCCCCCCCCCCCCC(=O)O)C(=O)O)C(=O)CN[C@@H](Cc1ccc(O)cc1)C(N)=O. The molecule has 1 aromatic rings. The van der Waals surface area contributed by atoms with E-state index >= 15 is 0 Å². The molecule has 444 valence electrons. The van der Waals surface area contributed by atoms with Crippen LogP contribution in [0.5, 0.6) is 5.75 Å². The van der Waals surface area contributed by atoms with Gasteiger partial charge in [-0.2, -0.15) is 0 Å². The molecule has 0 aliphatic rings. The number of unbranched alkanes of at least 4 members (excludes halogenated alkanes) is 12. The van der Waals surface area contributed by atoms with Gasteiger partial charge >= 0.3 is 11.9 Å². The molecule has 0 bridgehead atoms. The van der Waals surface area contributed by atoms with Crippen molar-refractivity contribution < 1.29 is 77.4 Å². The fourth-order valence-electron chi connectivity index (χ4n) is 8.33. The first-order valence-corrected chi connectivity index (χ1v) is 28.4. The van der Waals surface area contributed by atoms with Gasteiger partial charge < -0.3 is 56.0 Å². The number of ketones is 4. The summed E-state index contributed by atoms with van der Waals surface area (Å²) in [6.07, 6.45) is 15.9. The number of carboxylic acid groups (broad SMARTS) is 2. The highest BCUT2D eigenvalue weighted by molar-refractivity contribution is 5.88. The fourth-order valence-corrected chi connectivity index (χ4v) is 8.33. The van der Waals surface area contributed by atoms with Crippen molar-refractivity contribution in [3.63, 3.8) is 0 Å². The number of ether oxygens (including phenoxy) is 4. The first-order valence-electron chi connectivity index (χ1n) is 28.4. The number of carbonyl (C=O) groups excluding carboxylic acids is 7. The van der Waals surface area contributed by atoms with Crippen LogP contribution < -0.4 is 27.0 Å². The first kappa shape index (κ1) is 70.8. The summed E-state index contributed by atoms with van der Waals surface area (Å²) < 4.78 is 21.7. The number of aliphatic carboxylic acids is 2. The maximum atomic E-state index is 13.3. The van der Waals surface area contributed by atoms with Crippen molar-refractivity contribution in [2.75, 3.05) is 79.0 Å². The van der Waals surface area contributed by atoms with E-state index in [2.05, 4.69) is 21.3 Å². The minimum atomic E-state index is -1.09. The monoisotopic (exact) mass is 1110 g/mol. The largest absolute Gasteiger partial charge is 0.508 e. The van der Waals surface area contributed by atoms with Crippen LogP contribution in [0.1, 0.15) is 167 Å². The van der Waals surface area contributed by atoms with Crippen LogP contribution in [0.15, 0.2) is 24.3 Å². The lowest BCUT2D eigenvalue weighted by Crippen LogP contribution is -2.49. The lowest BCUT2D eigenvalue weighted by Gasteiger charge is -2.20. The number of amides is 3. The Morgan fingerprint density at radius 1 is 0.513 bits per heavy atom. The summed E-state index contributed by atoms with van der Waals surface area (Å²) in [5, 5.41) is 39.3. The number of primary amides is 1. The highest BCUT2D eigenvalue weighted by Crippen LogP contribution is 2.17. The molecule has 0 saturated carbocycles. The van der Waals surface area contributed by atoms with Crippen LogP contribution in [0.2, 0.25) is 0 Å². The van der Waals surface area contributed by atoms with E-state index in [9.17, 15) is 53.4 Å². The maximum Gasteiger partial charge on any atom is 0.306 e. The van der Waals surface area contributed by atoms with Crippen LogP contribution in [0.25, 0.3) is 0 Å². The molecule has 9 N–H and O–H groups in total. The lowest BCUT2D eigenvalue weighted by molar-refractivity contribution is -0.144. The third kappa shape index (κ3) is 41.8. The number of phenolic OH excluding ortho intramolecular Hbond substituents is 1. The number of aromatic hydroxyl groups is 1. The zero-order valence-electron chi connectivity index (χ0n) is 46.8. The van der Waals surface area contributed by atoms with Crippen molar-refractivity contribution in [3.8, 4) is 5.75 Å². The Bertz CT molecular complexity index is 1870. The lowest BCUT2D eigenvalue weighted by atomic mass is 9.94. The third-order valence-electron chi connectivity index (χ3n) is 12.7. The molecule has 0 radical (unpaired) electrons. The van der Waals surface area contributed by atoms with Crippen LogP contribution >= 0.6 is 0 Å². The highest BCUT2D eigenvalue weighted by Gasteiger charge is 2.24. The van der Waals surface area contributed by atoms with Gasteiger partial charge in [-0.15, -0.1) is 0 Å². The molecule has 3 atom stereocenters. The second kappa shape index (κ2) is 46.7. The Morgan fingerprint density at radius 3 is 1.67 bits per heavy atom. The zero-order valence-corrected chi connectivity index (χ0v) is 46.8. The molecular formula is C57H95N5O16. The van der Waals surface area contributed by atoms with Crippen molar-refractivity contribution >= 4 is 52.8 Å². The van der Waals surface area contributed by atoms with E-state index < -0.39 is 35.8 Å². The summed E-state index contributed by atoms with van der Waals surface area (Å²) in [4.78, 5) is 109. The van der Waals surface area contributed by atoms with Crippen molar-refractivity contribution in [1.29, 1.82) is 0 Å². The van der Waals surface area contributed by atoms with Gasteiger partial charge in [0.25, 0.3) is 0 Å². The molecule has 0 heterocycles. The second-order valence-electron chi connectivity index (χ2n) is 20.4.